The second-order valence-electron chi connectivity index (χ2n) is 6.41. The fraction of sp³-hybridized carbons (Fsp3) is 0.381. The quantitative estimate of drug-likeness (QED) is 0.800. The topological polar surface area (TPSA) is 41.6 Å². The molecule has 0 saturated carbocycles. The molecule has 4 heteroatoms. The Morgan fingerprint density at radius 1 is 1.04 bits per heavy atom. The van der Waals surface area contributed by atoms with Crippen LogP contribution in [0.5, 0.6) is 0 Å². The van der Waals surface area contributed by atoms with Crippen molar-refractivity contribution in [3.8, 4) is 0 Å². The van der Waals surface area contributed by atoms with Crippen LogP contribution >= 0.6 is 0 Å². The number of methoxy groups -OCH3 is 1. The molecule has 2 aromatic rings. The van der Waals surface area contributed by atoms with Gasteiger partial charge in [-0.05, 0) is 49.3 Å². The molecular formula is C21H28N2O2. The van der Waals surface area contributed by atoms with E-state index in [2.05, 4.69) is 41.4 Å². The molecule has 2 rings (SSSR count). The molecule has 0 aliphatic rings. The molecule has 1 atom stereocenters. The fourth-order valence-electron chi connectivity index (χ4n) is 2.78. The fourth-order valence-corrected chi connectivity index (χ4v) is 2.78. The number of ether oxygens (including phenoxy) is 1. The minimum atomic E-state index is -0.0546. The van der Waals surface area contributed by atoms with Crippen molar-refractivity contribution in [2.24, 2.45) is 0 Å². The van der Waals surface area contributed by atoms with Gasteiger partial charge in [-0.3, -0.25) is 4.79 Å². The number of nitrogens with one attached hydrogen (secondary N) is 1. The summed E-state index contributed by atoms with van der Waals surface area (Å²) < 4.78 is 5.09. The molecule has 4 nitrogen and oxygen atoms in total. The van der Waals surface area contributed by atoms with Crippen molar-refractivity contribution < 1.29 is 9.53 Å². The highest BCUT2D eigenvalue weighted by Crippen LogP contribution is 2.18. The summed E-state index contributed by atoms with van der Waals surface area (Å²) in [5.74, 6) is -0.0546. The van der Waals surface area contributed by atoms with Crippen LogP contribution in [-0.2, 0) is 17.8 Å². The third kappa shape index (κ3) is 5.41. The van der Waals surface area contributed by atoms with Crippen molar-refractivity contribution in [3.05, 3.63) is 70.8 Å². The second-order valence-corrected chi connectivity index (χ2v) is 6.41. The van der Waals surface area contributed by atoms with Crippen molar-refractivity contribution in [3.63, 3.8) is 0 Å². The van der Waals surface area contributed by atoms with Crippen molar-refractivity contribution in [1.82, 2.24) is 10.2 Å². The van der Waals surface area contributed by atoms with Crippen LogP contribution in [0.3, 0.4) is 0 Å². The van der Waals surface area contributed by atoms with E-state index in [0.29, 0.717) is 18.7 Å². The zero-order valence-electron chi connectivity index (χ0n) is 15.6. The Morgan fingerprint density at radius 2 is 1.64 bits per heavy atom. The van der Waals surface area contributed by atoms with E-state index in [1.807, 2.05) is 38.4 Å². The minimum Gasteiger partial charge on any atom is -0.380 e. The summed E-state index contributed by atoms with van der Waals surface area (Å²) >= 11 is 0. The molecule has 1 unspecified atom stereocenters. The third-order valence-electron chi connectivity index (χ3n) is 4.38. The van der Waals surface area contributed by atoms with E-state index < -0.39 is 0 Å². The molecule has 0 bridgehead atoms. The number of nitrogens with zero attached hydrogens (tertiary/aromatic N) is 1. The first-order valence-corrected chi connectivity index (χ1v) is 8.66. The van der Waals surface area contributed by atoms with Crippen LogP contribution in [0.4, 0.5) is 0 Å². The summed E-state index contributed by atoms with van der Waals surface area (Å²) in [4.78, 5) is 14.5. The Kier molecular flexibility index (Phi) is 7.16. The molecule has 25 heavy (non-hydrogen) atoms. The molecule has 0 radical (unpaired) electrons. The van der Waals surface area contributed by atoms with Crippen LogP contribution in [0.25, 0.3) is 0 Å². The van der Waals surface area contributed by atoms with Crippen LogP contribution in [0.2, 0.25) is 0 Å². The van der Waals surface area contributed by atoms with Gasteiger partial charge in [-0.1, -0.05) is 43.3 Å². The zero-order chi connectivity index (χ0) is 18.2. The Labute approximate surface area is 150 Å². The van der Waals surface area contributed by atoms with Crippen LogP contribution in [0.1, 0.15) is 40.0 Å². The summed E-state index contributed by atoms with van der Waals surface area (Å²) in [7, 11) is 5.73. The van der Waals surface area contributed by atoms with E-state index in [9.17, 15) is 4.79 Å². The van der Waals surface area contributed by atoms with E-state index >= 15 is 0 Å². The number of likely N-dealkylation sites (N-methyl/N-ethyl adjacent to an activating group) is 1. The molecule has 0 heterocycles. The van der Waals surface area contributed by atoms with Gasteiger partial charge in [0.1, 0.15) is 0 Å². The SMILES string of the molecule is CCc1ccc(C(CNC(=O)c2ccc(COC)cc2)N(C)C)cc1. The van der Waals surface area contributed by atoms with Crippen molar-refractivity contribution in [2.75, 3.05) is 27.7 Å². The Balaban J connectivity index is 2.01. The number of carbonyl (C=O) groups excluding carboxylic acids is 1. The molecule has 0 aromatic heterocycles. The maximum Gasteiger partial charge on any atom is 0.251 e. The van der Waals surface area contributed by atoms with E-state index in [1.54, 1.807) is 7.11 Å². The van der Waals surface area contributed by atoms with Gasteiger partial charge < -0.3 is 15.0 Å². The summed E-state index contributed by atoms with van der Waals surface area (Å²) in [5.41, 5.74) is 4.25. The summed E-state index contributed by atoms with van der Waals surface area (Å²) in [6.45, 7) is 3.27. The normalized spacial score (nSPS) is 12.2. The van der Waals surface area contributed by atoms with E-state index in [4.69, 9.17) is 4.74 Å². The lowest BCUT2D eigenvalue weighted by Gasteiger charge is -2.25. The van der Waals surface area contributed by atoms with Gasteiger partial charge in [0.15, 0.2) is 0 Å². The third-order valence-corrected chi connectivity index (χ3v) is 4.38. The molecular weight excluding hydrogens is 312 g/mol. The zero-order valence-corrected chi connectivity index (χ0v) is 15.6. The van der Waals surface area contributed by atoms with E-state index in [-0.39, 0.29) is 11.9 Å². The minimum absolute atomic E-state index is 0.0546. The van der Waals surface area contributed by atoms with Crippen LogP contribution in [-0.4, -0.2) is 38.6 Å². The Bertz CT molecular complexity index is 663. The van der Waals surface area contributed by atoms with Crippen LogP contribution in [0.15, 0.2) is 48.5 Å². The number of rotatable bonds is 8. The summed E-state index contributed by atoms with van der Waals surface area (Å²) in [6, 6.07) is 16.3. The molecule has 134 valence electrons. The lowest BCUT2D eigenvalue weighted by Crippen LogP contribution is -2.34. The lowest BCUT2D eigenvalue weighted by atomic mass is 10.0. The predicted molar refractivity (Wildman–Crippen MR) is 102 cm³/mol. The second kappa shape index (κ2) is 9.35. The van der Waals surface area contributed by atoms with Gasteiger partial charge >= 0.3 is 0 Å². The van der Waals surface area contributed by atoms with Gasteiger partial charge in [-0.2, -0.15) is 0 Å². The highest BCUT2D eigenvalue weighted by molar-refractivity contribution is 5.94. The average Bonchev–Trinajstić information content (AvgIpc) is 2.63. The van der Waals surface area contributed by atoms with Gasteiger partial charge in [0, 0.05) is 19.2 Å². The first-order valence-electron chi connectivity index (χ1n) is 8.66. The molecule has 0 aliphatic carbocycles. The van der Waals surface area contributed by atoms with Gasteiger partial charge in [-0.25, -0.2) is 0 Å². The molecule has 1 N–H and O–H groups in total. The van der Waals surface area contributed by atoms with Gasteiger partial charge in [0.25, 0.3) is 5.91 Å². The van der Waals surface area contributed by atoms with E-state index in [1.165, 1.54) is 11.1 Å². The predicted octanol–water partition coefficient (Wildman–Crippen LogP) is 3.43. The number of amides is 1. The number of benzene rings is 2. The first kappa shape index (κ1) is 19.2. The smallest absolute Gasteiger partial charge is 0.251 e. The lowest BCUT2D eigenvalue weighted by molar-refractivity contribution is 0.0942. The molecule has 0 fully saturated rings. The van der Waals surface area contributed by atoms with Gasteiger partial charge in [0.05, 0.1) is 12.6 Å². The van der Waals surface area contributed by atoms with Crippen LogP contribution in [0, 0.1) is 0 Å². The molecule has 0 saturated heterocycles. The van der Waals surface area contributed by atoms with Gasteiger partial charge in [-0.15, -0.1) is 0 Å². The molecule has 2 aromatic carbocycles. The number of hydrogen-bond acceptors (Lipinski definition) is 3. The monoisotopic (exact) mass is 340 g/mol. The highest BCUT2D eigenvalue weighted by atomic mass is 16.5. The standard InChI is InChI=1S/C21H28N2O2/c1-5-16-6-10-18(11-7-16)20(23(2)3)14-22-21(24)19-12-8-17(9-13-19)15-25-4/h6-13,20H,5,14-15H2,1-4H3,(H,22,24). The van der Waals surface area contributed by atoms with Crippen molar-refractivity contribution in [2.45, 2.75) is 26.0 Å². The number of hydrogen-bond donors (Lipinski definition) is 1. The van der Waals surface area contributed by atoms with Crippen molar-refractivity contribution >= 4 is 5.91 Å². The first-order chi connectivity index (χ1) is 12.0. The maximum atomic E-state index is 12.4. The Hall–Kier alpha value is -2.17. The van der Waals surface area contributed by atoms with E-state index in [0.717, 1.165) is 12.0 Å². The summed E-state index contributed by atoms with van der Waals surface area (Å²) in [5, 5.41) is 3.05. The highest BCUT2D eigenvalue weighted by Gasteiger charge is 2.16. The molecule has 0 aliphatic heterocycles. The summed E-state index contributed by atoms with van der Waals surface area (Å²) in [6.07, 6.45) is 1.03. The average molecular weight is 340 g/mol. The number of carbonyl (C=O) groups is 1. The van der Waals surface area contributed by atoms with Gasteiger partial charge in [0.2, 0.25) is 0 Å². The maximum absolute atomic E-state index is 12.4. The van der Waals surface area contributed by atoms with Crippen molar-refractivity contribution in [1.29, 1.82) is 0 Å². The van der Waals surface area contributed by atoms with Crippen LogP contribution < -0.4 is 5.32 Å². The number of aryl methyl sites for hydroxylation is 1. The molecule has 0 spiro atoms. The Morgan fingerprint density at radius 3 is 2.16 bits per heavy atom. The largest absolute Gasteiger partial charge is 0.380 e. The molecule has 1 amide bonds.